The molecule has 1 aliphatic heterocycles. The number of rotatable bonds is 6. The monoisotopic (exact) mass is 438 g/mol. The zero-order valence-electron chi connectivity index (χ0n) is 17.1. The number of nitrogens with zero attached hydrogens (tertiary/aromatic N) is 1. The topological polar surface area (TPSA) is 58.6 Å². The van der Waals surface area contributed by atoms with E-state index < -0.39 is 6.10 Å². The maximum absolute atomic E-state index is 13.3. The van der Waals surface area contributed by atoms with Gasteiger partial charge in [0, 0.05) is 29.2 Å². The van der Waals surface area contributed by atoms with E-state index in [1.165, 1.54) is 12.1 Å². The van der Waals surface area contributed by atoms with Crippen LogP contribution in [0.5, 0.6) is 5.75 Å². The van der Waals surface area contributed by atoms with Crippen LogP contribution >= 0.6 is 11.3 Å². The van der Waals surface area contributed by atoms with Crippen LogP contribution in [0, 0.1) is 5.82 Å². The second kappa shape index (κ2) is 9.31. The molecule has 0 fully saturated rings. The van der Waals surface area contributed by atoms with Gasteiger partial charge < -0.3 is 15.0 Å². The summed E-state index contributed by atoms with van der Waals surface area (Å²) in [6.45, 7) is 2.60. The van der Waals surface area contributed by atoms with Gasteiger partial charge in [-0.05, 0) is 53.8 Å². The van der Waals surface area contributed by atoms with E-state index in [0.717, 1.165) is 16.0 Å². The number of carbonyl (C=O) groups excluding carboxylic acids is 2. The van der Waals surface area contributed by atoms with Gasteiger partial charge in [-0.25, -0.2) is 4.39 Å². The number of ether oxygens (including phenoxy) is 1. The van der Waals surface area contributed by atoms with Gasteiger partial charge in [0.05, 0.1) is 6.42 Å². The number of anilines is 1. The van der Waals surface area contributed by atoms with Crippen molar-refractivity contribution in [2.75, 3.05) is 5.32 Å². The minimum atomic E-state index is -0.582. The largest absolute Gasteiger partial charge is 0.480 e. The molecule has 1 aromatic heterocycles. The predicted molar refractivity (Wildman–Crippen MR) is 118 cm³/mol. The van der Waals surface area contributed by atoms with Crippen LogP contribution in [-0.4, -0.2) is 22.8 Å². The Morgan fingerprint density at radius 2 is 2.03 bits per heavy atom. The van der Waals surface area contributed by atoms with Crippen molar-refractivity contribution >= 4 is 28.8 Å². The summed E-state index contributed by atoms with van der Waals surface area (Å²) in [6.07, 6.45) is 0.275. The zero-order chi connectivity index (χ0) is 21.8. The third-order valence-corrected chi connectivity index (χ3v) is 6.01. The highest BCUT2D eigenvalue weighted by molar-refractivity contribution is 7.10. The van der Waals surface area contributed by atoms with Crippen molar-refractivity contribution in [3.05, 3.63) is 81.8 Å². The predicted octanol–water partition coefficient (Wildman–Crippen LogP) is 4.77. The Morgan fingerprint density at radius 3 is 2.74 bits per heavy atom. The van der Waals surface area contributed by atoms with Crippen molar-refractivity contribution < 1.29 is 18.7 Å². The second-order valence-corrected chi connectivity index (χ2v) is 8.49. The molecule has 0 spiro atoms. The molecule has 1 atom stereocenters. The lowest BCUT2D eigenvalue weighted by molar-refractivity contribution is -0.139. The van der Waals surface area contributed by atoms with Crippen LogP contribution in [0.2, 0.25) is 0 Å². The summed E-state index contributed by atoms with van der Waals surface area (Å²) in [5, 5.41) is 4.87. The van der Waals surface area contributed by atoms with Gasteiger partial charge in [0.2, 0.25) is 5.91 Å². The van der Waals surface area contributed by atoms with E-state index in [-0.39, 0.29) is 17.6 Å². The fourth-order valence-corrected chi connectivity index (χ4v) is 4.27. The third kappa shape index (κ3) is 5.11. The van der Waals surface area contributed by atoms with Gasteiger partial charge in [0.15, 0.2) is 6.10 Å². The maximum Gasteiger partial charge on any atom is 0.264 e. The third-order valence-electron chi connectivity index (χ3n) is 5.13. The van der Waals surface area contributed by atoms with E-state index >= 15 is 0 Å². The van der Waals surface area contributed by atoms with E-state index in [1.54, 1.807) is 40.5 Å². The molecular weight excluding hydrogens is 415 g/mol. The van der Waals surface area contributed by atoms with Gasteiger partial charge in [0.25, 0.3) is 5.91 Å². The molecule has 31 heavy (non-hydrogen) atoms. The molecule has 3 aromatic rings. The minimum absolute atomic E-state index is 0.0948. The molecule has 2 amide bonds. The second-order valence-electron chi connectivity index (χ2n) is 7.46. The normalized spacial score (nSPS) is 15.7. The molecule has 0 aliphatic carbocycles. The van der Waals surface area contributed by atoms with Gasteiger partial charge in [-0.3, -0.25) is 9.59 Å². The number of hydrogen-bond acceptors (Lipinski definition) is 4. The lowest BCUT2D eigenvalue weighted by Gasteiger charge is -2.23. The lowest BCUT2D eigenvalue weighted by atomic mass is 10.1. The van der Waals surface area contributed by atoms with Crippen molar-refractivity contribution in [1.29, 1.82) is 0 Å². The van der Waals surface area contributed by atoms with E-state index in [2.05, 4.69) is 5.32 Å². The molecule has 1 unspecified atom stereocenters. The van der Waals surface area contributed by atoms with E-state index in [9.17, 15) is 14.0 Å². The molecule has 0 saturated carbocycles. The summed E-state index contributed by atoms with van der Waals surface area (Å²) in [6, 6.07) is 15.4. The van der Waals surface area contributed by atoms with Crippen molar-refractivity contribution in [1.82, 2.24) is 4.90 Å². The molecular formula is C24H23FN2O3S. The smallest absolute Gasteiger partial charge is 0.264 e. The van der Waals surface area contributed by atoms with E-state index in [1.807, 2.05) is 30.5 Å². The molecule has 1 aliphatic rings. The number of benzene rings is 2. The summed E-state index contributed by atoms with van der Waals surface area (Å²) in [5.41, 5.74) is 2.32. The Morgan fingerprint density at radius 1 is 1.23 bits per heavy atom. The van der Waals surface area contributed by atoms with Crippen LogP contribution in [0.4, 0.5) is 10.1 Å². The molecule has 2 aromatic carbocycles. The van der Waals surface area contributed by atoms with Crippen molar-refractivity contribution in [2.24, 2.45) is 0 Å². The zero-order valence-corrected chi connectivity index (χ0v) is 18.0. The molecule has 1 N–H and O–H groups in total. The Hall–Kier alpha value is -3.19. The van der Waals surface area contributed by atoms with Crippen LogP contribution in [0.15, 0.2) is 60.0 Å². The minimum Gasteiger partial charge on any atom is -0.480 e. The molecule has 0 bridgehead atoms. The van der Waals surface area contributed by atoms with Gasteiger partial charge >= 0.3 is 0 Å². The van der Waals surface area contributed by atoms with Crippen LogP contribution in [0.1, 0.15) is 29.3 Å². The van der Waals surface area contributed by atoms with Crippen LogP contribution in [0.3, 0.4) is 0 Å². The Balaban J connectivity index is 1.54. The number of hydrogen-bond donors (Lipinski definition) is 1. The van der Waals surface area contributed by atoms with Gasteiger partial charge in [-0.15, -0.1) is 11.3 Å². The standard InChI is InChI=1S/C24H23FN2O3S/c1-2-21-24(29)27(14-16-5-7-18(25)8-6-16)15-17-12-19(9-10-22(17)30-21)26-23(28)13-20-4-3-11-31-20/h3-12,21H,2,13-15H2,1H3,(H,26,28). The lowest BCUT2D eigenvalue weighted by Crippen LogP contribution is -2.38. The summed E-state index contributed by atoms with van der Waals surface area (Å²) in [7, 11) is 0. The van der Waals surface area contributed by atoms with E-state index in [0.29, 0.717) is 37.4 Å². The highest BCUT2D eigenvalue weighted by Gasteiger charge is 2.30. The number of fused-ring (bicyclic) bond motifs is 1. The fraction of sp³-hybridized carbons (Fsp3) is 0.250. The number of amides is 2. The maximum atomic E-state index is 13.3. The first-order valence-corrected chi connectivity index (χ1v) is 11.0. The van der Waals surface area contributed by atoms with Crippen molar-refractivity contribution in [3.63, 3.8) is 0 Å². The Labute approximate surface area is 184 Å². The first-order chi connectivity index (χ1) is 15.0. The number of thiophene rings is 1. The average Bonchev–Trinajstić information content (AvgIpc) is 3.22. The van der Waals surface area contributed by atoms with Crippen LogP contribution in [0.25, 0.3) is 0 Å². The molecule has 160 valence electrons. The summed E-state index contributed by atoms with van der Waals surface area (Å²) < 4.78 is 19.2. The van der Waals surface area contributed by atoms with Crippen molar-refractivity contribution in [2.45, 2.75) is 39.0 Å². The first kappa shape index (κ1) is 21.1. The Kier molecular flexibility index (Phi) is 6.32. The SMILES string of the molecule is CCC1Oc2ccc(NC(=O)Cc3cccs3)cc2CN(Cc2ccc(F)cc2)C1=O. The average molecular weight is 439 g/mol. The van der Waals surface area contributed by atoms with Crippen LogP contribution in [-0.2, 0) is 29.1 Å². The Bertz CT molecular complexity index is 1070. The number of halogens is 1. The summed E-state index contributed by atoms with van der Waals surface area (Å²) >= 11 is 1.54. The summed E-state index contributed by atoms with van der Waals surface area (Å²) in [5.74, 6) is 0.126. The quantitative estimate of drug-likeness (QED) is 0.603. The fourth-order valence-electron chi connectivity index (χ4n) is 3.57. The van der Waals surface area contributed by atoms with E-state index in [4.69, 9.17) is 4.74 Å². The highest BCUT2D eigenvalue weighted by Crippen LogP contribution is 2.30. The first-order valence-electron chi connectivity index (χ1n) is 10.2. The van der Waals surface area contributed by atoms with Gasteiger partial charge in [0.1, 0.15) is 11.6 Å². The van der Waals surface area contributed by atoms with Crippen LogP contribution < -0.4 is 10.1 Å². The van der Waals surface area contributed by atoms with Gasteiger partial charge in [-0.2, -0.15) is 0 Å². The summed E-state index contributed by atoms with van der Waals surface area (Å²) in [4.78, 5) is 28.1. The molecule has 7 heteroatoms. The molecule has 5 nitrogen and oxygen atoms in total. The number of nitrogens with one attached hydrogen (secondary N) is 1. The number of carbonyl (C=O) groups is 2. The highest BCUT2D eigenvalue weighted by atomic mass is 32.1. The van der Waals surface area contributed by atoms with Gasteiger partial charge in [-0.1, -0.05) is 25.1 Å². The van der Waals surface area contributed by atoms with Crippen molar-refractivity contribution in [3.8, 4) is 5.75 Å². The molecule has 2 heterocycles. The molecule has 0 radical (unpaired) electrons. The molecule has 4 rings (SSSR count). The molecule has 0 saturated heterocycles.